The maximum absolute atomic E-state index is 13.4. The lowest BCUT2D eigenvalue weighted by atomic mass is 9.96. The molecule has 3 aromatic heterocycles. The topological polar surface area (TPSA) is 79.0 Å². The molecule has 1 amide bonds. The van der Waals surface area contributed by atoms with E-state index in [1.807, 2.05) is 0 Å². The van der Waals surface area contributed by atoms with Crippen LogP contribution in [0.1, 0.15) is 40.6 Å². The van der Waals surface area contributed by atoms with Crippen molar-refractivity contribution in [1.29, 1.82) is 0 Å². The van der Waals surface area contributed by atoms with Crippen LogP contribution in [0.3, 0.4) is 0 Å². The molecule has 30 heavy (non-hydrogen) atoms. The molecule has 0 bridgehead atoms. The number of H-pyrrole nitrogens is 1. The number of rotatable bonds is 3. The van der Waals surface area contributed by atoms with E-state index in [4.69, 9.17) is 0 Å². The highest BCUT2D eigenvalue weighted by molar-refractivity contribution is 7.13. The van der Waals surface area contributed by atoms with Crippen molar-refractivity contribution >= 4 is 17.2 Å². The third-order valence-electron chi connectivity index (χ3n) is 4.91. The second kappa shape index (κ2) is 8.02. The number of aromatic nitrogens is 3. The average molecular weight is 434 g/mol. The molecule has 1 atom stereocenters. The first kappa shape index (κ1) is 20.3. The summed E-state index contributed by atoms with van der Waals surface area (Å²) < 4.78 is 40.3. The van der Waals surface area contributed by atoms with Gasteiger partial charge in [0, 0.05) is 31.3 Å². The van der Waals surface area contributed by atoms with E-state index in [0.29, 0.717) is 29.8 Å². The van der Waals surface area contributed by atoms with Crippen LogP contribution in [-0.4, -0.2) is 38.8 Å². The lowest BCUT2D eigenvalue weighted by Gasteiger charge is -2.32. The second-order valence-electron chi connectivity index (χ2n) is 7.00. The fraction of sp³-hybridized carbons (Fsp3) is 0.300. The molecule has 1 saturated heterocycles. The molecule has 3 aromatic rings. The SMILES string of the molecule is O=C(c1ccc(=O)[nH]c1)N1CCC[C@H](c2nc(-c3cccs3)cc(C(F)(F)F)n2)C1. The van der Waals surface area contributed by atoms with Crippen LogP contribution in [0.15, 0.2) is 46.7 Å². The highest BCUT2D eigenvalue weighted by Crippen LogP contribution is 2.34. The first-order chi connectivity index (χ1) is 14.3. The predicted molar refractivity (Wildman–Crippen MR) is 105 cm³/mol. The number of halogens is 3. The van der Waals surface area contributed by atoms with Gasteiger partial charge in [-0.2, -0.15) is 13.2 Å². The number of carbonyl (C=O) groups is 1. The summed E-state index contributed by atoms with van der Waals surface area (Å²) in [7, 11) is 0. The fourth-order valence-electron chi connectivity index (χ4n) is 3.44. The van der Waals surface area contributed by atoms with E-state index in [1.165, 1.54) is 29.7 Å². The van der Waals surface area contributed by atoms with Crippen molar-refractivity contribution in [2.75, 3.05) is 13.1 Å². The highest BCUT2D eigenvalue weighted by atomic mass is 32.1. The Morgan fingerprint density at radius 2 is 2.07 bits per heavy atom. The van der Waals surface area contributed by atoms with Gasteiger partial charge >= 0.3 is 6.18 Å². The van der Waals surface area contributed by atoms with Gasteiger partial charge in [-0.15, -0.1) is 11.3 Å². The minimum Gasteiger partial charge on any atom is -0.338 e. The van der Waals surface area contributed by atoms with Gasteiger partial charge in [-0.1, -0.05) is 6.07 Å². The van der Waals surface area contributed by atoms with E-state index in [0.717, 1.165) is 6.07 Å². The van der Waals surface area contributed by atoms with Gasteiger partial charge in [-0.25, -0.2) is 9.97 Å². The summed E-state index contributed by atoms with van der Waals surface area (Å²) in [6, 6.07) is 7.11. The minimum atomic E-state index is -4.59. The molecule has 0 aromatic carbocycles. The van der Waals surface area contributed by atoms with Gasteiger partial charge in [0.2, 0.25) is 5.56 Å². The van der Waals surface area contributed by atoms with Crippen molar-refractivity contribution in [3.8, 4) is 10.6 Å². The normalized spacial score (nSPS) is 17.2. The summed E-state index contributed by atoms with van der Waals surface area (Å²) in [5, 5.41) is 1.77. The molecule has 1 aliphatic heterocycles. The first-order valence-corrected chi connectivity index (χ1v) is 10.2. The lowest BCUT2D eigenvalue weighted by molar-refractivity contribution is -0.141. The predicted octanol–water partition coefficient (Wildman–Crippen LogP) is 3.93. The van der Waals surface area contributed by atoms with Crippen molar-refractivity contribution in [2.24, 2.45) is 0 Å². The summed E-state index contributed by atoms with van der Waals surface area (Å²) in [6.45, 7) is 0.689. The monoisotopic (exact) mass is 434 g/mol. The number of hydrogen-bond donors (Lipinski definition) is 1. The van der Waals surface area contributed by atoms with E-state index in [1.54, 1.807) is 22.4 Å². The number of nitrogens with one attached hydrogen (secondary N) is 1. The highest BCUT2D eigenvalue weighted by Gasteiger charge is 2.35. The maximum atomic E-state index is 13.4. The molecule has 0 saturated carbocycles. The summed E-state index contributed by atoms with van der Waals surface area (Å²) >= 11 is 1.30. The van der Waals surface area contributed by atoms with Crippen LogP contribution in [0, 0.1) is 0 Å². The van der Waals surface area contributed by atoms with Gasteiger partial charge in [0.05, 0.1) is 16.1 Å². The molecule has 156 valence electrons. The Morgan fingerprint density at radius 3 is 2.73 bits per heavy atom. The molecule has 0 spiro atoms. The maximum Gasteiger partial charge on any atom is 0.433 e. The van der Waals surface area contributed by atoms with E-state index in [2.05, 4.69) is 15.0 Å². The summed E-state index contributed by atoms with van der Waals surface area (Å²) in [5.41, 5.74) is -0.757. The number of amides is 1. The molecule has 0 radical (unpaired) electrons. The number of likely N-dealkylation sites (tertiary alicyclic amines) is 1. The molecule has 1 N–H and O–H groups in total. The third-order valence-corrected chi connectivity index (χ3v) is 5.80. The number of piperidine rings is 1. The largest absolute Gasteiger partial charge is 0.433 e. The van der Waals surface area contributed by atoms with Crippen LogP contribution in [0.25, 0.3) is 10.6 Å². The summed E-state index contributed by atoms with van der Waals surface area (Å²) in [4.78, 5) is 36.8. The Labute approximate surface area is 173 Å². The Morgan fingerprint density at radius 1 is 1.23 bits per heavy atom. The molecule has 1 fully saturated rings. The smallest absolute Gasteiger partial charge is 0.338 e. The van der Waals surface area contributed by atoms with Crippen LogP contribution in [0.2, 0.25) is 0 Å². The standard InChI is InChI=1S/C20H17F3N4O2S/c21-20(22,23)16-9-14(15-4-2-8-30-15)25-18(26-16)13-3-1-7-27(11-13)19(29)12-5-6-17(28)24-10-12/h2,4-6,8-10,13H,1,3,7,11H2,(H,24,28)/t13-/m0/s1. The molecule has 0 aliphatic carbocycles. The van der Waals surface area contributed by atoms with Gasteiger partial charge in [0.1, 0.15) is 11.5 Å². The summed E-state index contributed by atoms with van der Waals surface area (Å²) in [5.74, 6) is -0.611. The third kappa shape index (κ3) is 4.28. The van der Waals surface area contributed by atoms with Crippen molar-refractivity contribution in [3.63, 3.8) is 0 Å². The van der Waals surface area contributed by atoms with E-state index in [9.17, 15) is 22.8 Å². The van der Waals surface area contributed by atoms with Gasteiger partial charge in [-0.05, 0) is 36.4 Å². The van der Waals surface area contributed by atoms with Crippen LogP contribution in [-0.2, 0) is 6.18 Å². The van der Waals surface area contributed by atoms with Crippen molar-refractivity contribution in [3.05, 3.63) is 69.3 Å². The van der Waals surface area contributed by atoms with Gasteiger partial charge in [-0.3, -0.25) is 9.59 Å². The van der Waals surface area contributed by atoms with Gasteiger partial charge in [0.25, 0.3) is 5.91 Å². The van der Waals surface area contributed by atoms with Gasteiger partial charge in [0.15, 0.2) is 0 Å². The van der Waals surface area contributed by atoms with Crippen molar-refractivity contribution in [1.82, 2.24) is 19.9 Å². The van der Waals surface area contributed by atoms with Crippen LogP contribution >= 0.6 is 11.3 Å². The Balaban J connectivity index is 1.64. The zero-order valence-electron chi connectivity index (χ0n) is 15.6. The van der Waals surface area contributed by atoms with E-state index < -0.39 is 17.8 Å². The second-order valence-corrected chi connectivity index (χ2v) is 7.95. The molecule has 0 unspecified atom stereocenters. The number of nitrogens with zero attached hydrogens (tertiary/aromatic N) is 3. The first-order valence-electron chi connectivity index (χ1n) is 9.29. The Kier molecular flexibility index (Phi) is 5.42. The van der Waals surface area contributed by atoms with Gasteiger partial charge < -0.3 is 9.88 Å². The van der Waals surface area contributed by atoms with Crippen LogP contribution in [0.5, 0.6) is 0 Å². The summed E-state index contributed by atoms with van der Waals surface area (Å²) in [6.07, 6.45) is -2.05. The van der Waals surface area contributed by atoms with E-state index in [-0.39, 0.29) is 29.5 Å². The molecular formula is C20H17F3N4O2S. The zero-order chi connectivity index (χ0) is 21.3. The van der Waals surface area contributed by atoms with Crippen LogP contribution in [0.4, 0.5) is 13.2 Å². The number of aromatic amines is 1. The van der Waals surface area contributed by atoms with E-state index >= 15 is 0 Å². The van der Waals surface area contributed by atoms with Crippen molar-refractivity contribution in [2.45, 2.75) is 24.9 Å². The number of carbonyl (C=O) groups excluding carboxylic acids is 1. The number of hydrogen-bond acceptors (Lipinski definition) is 5. The van der Waals surface area contributed by atoms with Crippen LogP contribution < -0.4 is 5.56 Å². The van der Waals surface area contributed by atoms with Crippen molar-refractivity contribution < 1.29 is 18.0 Å². The average Bonchev–Trinajstić information content (AvgIpc) is 3.28. The lowest BCUT2D eigenvalue weighted by Crippen LogP contribution is -2.39. The molecule has 1 aliphatic rings. The minimum absolute atomic E-state index is 0.0900. The number of thiophene rings is 1. The molecule has 6 nitrogen and oxygen atoms in total. The zero-order valence-corrected chi connectivity index (χ0v) is 16.5. The Bertz CT molecular complexity index is 1090. The molecule has 4 rings (SSSR count). The number of pyridine rings is 1. The number of alkyl halides is 3. The fourth-order valence-corrected chi connectivity index (χ4v) is 4.13. The Hall–Kier alpha value is -3.01. The molecular weight excluding hydrogens is 417 g/mol. The molecule has 10 heteroatoms. The molecule has 4 heterocycles. The quantitative estimate of drug-likeness (QED) is 0.678.